The normalized spacial score (nSPS) is 14.5. The van der Waals surface area contributed by atoms with Gasteiger partial charge in [-0.2, -0.15) is 5.10 Å². The van der Waals surface area contributed by atoms with Gasteiger partial charge >= 0.3 is 0 Å². The van der Waals surface area contributed by atoms with Crippen LogP contribution in [0.15, 0.2) is 35.4 Å². The van der Waals surface area contributed by atoms with Crippen molar-refractivity contribution in [3.05, 3.63) is 40.8 Å². The summed E-state index contributed by atoms with van der Waals surface area (Å²) in [5, 5.41) is 5.23. The van der Waals surface area contributed by atoms with Crippen molar-refractivity contribution < 1.29 is 19.0 Å². The Labute approximate surface area is 156 Å². The number of nitrogens with zero attached hydrogens (tertiary/aromatic N) is 2. The lowest BCUT2D eigenvalue weighted by Gasteiger charge is -2.27. The van der Waals surface area contributed by atoms with E-state index in [-0.39, 0.29) is 5.91 Å². The zero-order valence-electron chi connectivity index (χ0n) is 14.7. The molecule has 1 N–H and O–H groups in total. The van der Waals surface area contributed by atoms with E-state index in [1.807, 2.05) is 6.07 Å². The van der Waals surface area contributed by atoms with Crippen molar-refractivity contribution in [3.8, 4) is 11.5 Å². The zero-order chi connectivity index (χ0) is 18.4. The fraction of sp³-hybridized carbons (Fsp3) is 0.333. The van der Waals surface area contributed by atoms with Gasteiger partial charge in [-0.3, -0.25) is 4.79 Å². The highest BCUT2D eigenvalue weighted by atomic mass is 32.1. The molecule has 2 aromatic rings. The van der Waals surface area contributed by atoms with Crippen LogP contribution in [-0.4, -0.2) is 52.6 Å². The molecule has 1 aromatic carbocycles. The van der Waals surface area contributed by atoms with Crippen LogP contribution in [0.3, 0.4) is 0 Å². The molecule has 1 amide bonds. The molecule has 1 fully saturated rings. The number of thiophene rings is 1. The van der Waals surface area contributed by atoms with Gasteiger partial charge in [0, 0.05) is 29.6 Å². The van der Waals surface area contributed by atoms with E-state index in [4.69, 9.17) is 14.2 Å². The number of ether oxygens (including phenoxy) is 3. The summed E-state index contributed by atoms with van der Waals surface area (Å²) < 4.78 is 15.7. The molecule has 0 bridgehead atoms. The molecule has 26 heavy (non-hydrogen) atoms. The van der Waals surface area contributed by atoms with Crippen LogP contribution in [0.2, 0.25) is 0 Å². The first-order valence-corrected chi connectivity index (χ1v) is 9.00. The summed E-state index contributed by atoms with van der Waals surface area (Å²) in [5.74, 6) is 0.766. The lowest BCUT2D eigenvalue weighted by atomic mass is 10.2. The van der Waals surface area contributed by atoms with Gasteiger partial charge in [-0.15, -0.1) is 11.3 Å². The molecule has 0 saturated carbocycles. The average molecular weight is 375 g/mol. The van der Waals surface area contributed by atoms with E-state index >= 15 is 0 Å². The molecule has 0 unspecified atom stereocenters. The van der Waals surface area contributed by atoms with Crippen LogP contribution in [0.25, 0.3) is 0 Å². The highest BCUT2D eigenvalue weighted by molar-refractivity contribution is 7.17. The minimum absolute atomic E-state index is 0.330. The van der Waals surface area contributed by atoms with Crippen molar-refractivity contribution >= 4 is 28.5 Å². The highest BCUT2D eigenvalue weighted by Crippen LogP contribution is 2.26. The number of amides is 1. The minimum atomic E-state index is -0.330. The fourth-order valence-corrected chi connectivity index (χ4v) is 3.45. The second-order valence-corrected chi connectivity index (χ2v) is 6.67. The lowest BCUT2D eigenvalue weighted by molar-refractivity contribution is 0.0954. The fourth-order valence-electron chi connectivity index (χ4n) is 2.52. The van der Waals surface area contributed by atoms with Gasteiger partial charge in [0.1, 0.15) is 11.5 Å². The maximum atomic E-state index is 12.3. The Balaban J connectivity index is 1.61. The Morgan fingerprint density at radius 2 is 1.88 bits per heavy atom. The van der Waals surface area contributed by atoms with Crippen LogP contribution in [-0.2, 0) is 4.74 Å². The minimum Gasteiger partial charge on any atom is -0.497 e. The van der Waals surface area contributed by atoms with Crippen LogP contribution in [0.5, 0.6) is 11.5 Å². The Morgan fingerprint density at radius 3 is 2.54 bits per heavy atom. The third-order valence-electron chi connectivity index (χ3n) is 3.91. The Bertz CT molecular complexity index is 762. The Morgan fingerprint density at radius 1 is 1.19 bits per heavy atom. The van der Waals surface area contributed by atoms with Gasteiger partial charge in [0.15, 0.2) is 0 Å². The third kappa shape index (κ3) is 4.53. The third-order valence-corrected chi connectivity index (χ3v) is 4.99. The number of nitrogens with one attached hydrogen (secondary N) is 1. The largest absolute Gasteiger partial charge is 0.497 e. The number of anilines is 1. The van der Waals surface area contributed by atoms with Gasteiger partial charge in [0.05, 0.1) is 38.6 Å². The van der Waals surface area contributed by atoms with E-state index in [1.54, 1.807) is 35.8 Å². The molecular weight excluding hydrogens is 354 g/mol. The van der Waals surface area contributed by atoms with Crippen LogP contribution in [0, 0.1) is 0 Å². The first-order chi connectivity index (χ1) is 12.7. The van der Waals surface area contributed by atoms with Gasteiger partial charge in [0.2, 0.25) is 0 Å². The van der Waals surface area contributed by atoms with Crippen LogP contribution in [0.4, 0.5) is 5.00 Å². The standard InChI is InChI=1S/C18H21N3O4S/c1-23-14-9-13(10-15(11-14)24-2)18(22)20-19-12-16-3-4-17(26-16)21-5-7-25-8-6-21/h3-4,9-12H,5-8H2,1-2H3,(H,20,22)/b19-12-. The molecule has 7 nitrogen and oxygen atoms in total. The van der Waals surface area contributed by atoms with Crippen LogP contribution >= 0.6 is 11.3 Å². The van der Waals surface area contributed by atoms with Crippen LogP contribution < -0.4 is 19.8 Å². The van der Waals surface area contributed by atoms with Crippen molar-refractivity contribution in [1.82, 2.24) is 5.43 Å². The van der Waals surface area contributed by atoms with E-state index < -0.39 is 0 Å². The smallest absolute Gasteiger partial charge is 0.271 e. The Hall–Kier alpha value is -2.58. The SMILES string of the molecule is COc1cc(OC)cc(C(=O)N/N=C\c2ccc(N3CCOCC3)s2)c1. The molecule has 8 heteroatoms. The summed E-state index contributed by atoms with van der Waals surface area (Å²) in [7, 11) is 3.08. The van der Waals surface area contributed by atoms with Gasteiger partial charge in [0.25, 0.3) is 5.91 Å². The van der Waals surface area contributed by atoms with E-state index in [0.29, 0.717) is 17.1 Å². The summed E-state index contributed by atoms with van der Waals surface area (Å²) in [5.41, 5.74) is 2.95. The van der Waals surface area contributed by atoms with Crippen molar-refractivity contribution in [1.29, 1.82) is 0 Å². The van der Waals surface area contributed by atoms with E-state index in [0.717, 1.165) is 31.2 Å². The van der Waals surface area contributed by atoms with Gasteiger partial charge < -0.3 is 19.1 Å². The zero-order valence-corrected chi connectivity index (χ0v) is 15.5. The van der Waals surface area contributed by atoms with Crippen molar-refractivity contribution in [2.45, 2.75) is 0 Å². The number of hydrogen-bond donors (Lipinski definition) is 1. The van der Waals surface area contributed by atoms with Crippen LogP contribution in [0.1, 0.15) is 15.2 Å². The predicted molar refractivity (Wildman–Crippen MR) is 102 cm³/mol. The molecule has 3 rings (SSSR count). The molecule has 1 saturated heterocycles. The molecule has 1 aromatic heterocycles. The average Bonchev–Trinajstić information content (AvgIpc) is 3.17. The van der Waals surface area contributed by atoms with E-state index in [2.05, 4.69) is 21.5 Å². The van der Waals surface area contributed by atoms with Crippen molar-refractivity contribution in [2.24, 2.45) is 5.10 Å². The molecule has 0 atom stereocenters. The number of hydrogen-bond acceptors (Lipinski definition) is 7. The number of carbonyl (C=O) groups excluding carboxylic acids is 1. The van der Waals surface area contributed by atoms with Crippen molar-refractivity contribution in [2.75, 3.05) is 45.4 Å². The number of benzene rings is 1. The molecule has 1 aliphatic heterocycles. The summed E-state index contributed by atoms with van der Waals surface area (Å²) in [6.07, 6.45) is 1.64. The molecule has 0 aliphatic carbocycles. The number of morpholine rings is 1. The predicted octanol–water partition coefficient (Wildman–Crippen LogP) is 2.37. The first-order valence-electron chi connectivity index (χ1n) is 8.18. The molecule has 2 heterocycles. The summed E-state index contributed by atoms with van der Waals surface area (Å²) in [4.78, 5) is 15.5. The van der Waals surface area contributed by atoms with E-state index in [1.165, 1.54) is 19.2 Å². The number of carbonyl (C=O) groups is 1. The summed E-state index contributed by atoms with van der Waals surface area (Å²) in [6.45, 7) is 3.29. The number of hydrazone groups is 1. The first kappa shape index (κ1) is 18.2. The monoisotopic (exact) mass is 375 g/mol. The van der Waals surface area contributed by atoms with Gasteiger partial charge in [-0.1, -0.05) is 0 Å². The molecular formula is C18H21N3O4S. The molecule has 0 spiro atoms. The van der Waals surface area contributed by atoms with Gasteiger partial charge in [-0.05, 0) is 24.3 Å². The van der Waals surface area contributed by atoms with E-state index in [9.17, 15) is 4.79 Å². The topological polar surface area (TPSA) is 72.4 Å². The number of methoxy groups -OCH3 is 2. The summed E-state index contributed by atoms with van der Waals surface area (Å²) in [6, 6.07) is 9.02. The molecule has 1 aliphatic rings. The maximum Gasteiger partial charge on any atom is 0.271 e. The summed E-state index contributed by atoms with van der Waals surface area (Å²) >= 11 is 1.63. The number of rotatable bonds is 6. The molecule has 0 radical (unpaired) electrons. The second kappa shape index (κ2) is 8.68. The maximum absolute atomic E-state index is 12.3. The Kier molecular flexibility index (Phi) is 6.08. The van der Waals surface area contributed by atoms with Crippen molar-refractivity contribution in [3.63, 3.8) is 0 Å². The lowest BCUT2D eigenvalue weighted by Crippen LogP contribution is -2.35. The quantitative estimate of drug-likeness (QED) is 0.620. The van der Waals surface area contributed by atoms with Gasteiger partial charge in [-0.25, -0.2) is 5.43 Å². The molecule has 138 valence electrons. The highest BCUT2D eigenvalue weighted by Gasteiger charge is 2.13. The second-order valence-electron chi connectivity index (χ2n) is 5.58.